The molecule has 0 bridgehead atoms. The van der Waals surface area contributed by atoms with E-state index < -0.39 is 17.8 Å². The normalized spacial score (nSPS) is 20.5. The standard InChI is InChI=1S/C15H19F3N2O2/c1-10(11-3-2-4-12(7-11)15(16,17)18)20-14(21)8-13-9-22-6-5-19-13/h2-4,7,10,13,19H,5-6,8-9H2,1H3,(H,20,21). The first-order chi connectivity index (χ1) is 10.4. The molecule has 4 nitrogen and oxygen atoms in total. The van der Waals surface area contributed by atoms with Gasteiger partial charge in [0.15, 0.2) is 0 Å². The molecule has 0 saturated carbocycles. The van der Waals surface area contributed by atoms with E-state index in [0.717, 1.165) is 12.1 Å². The van der Waals surface area contributed by atoms with Crippen LogP contribution < -0.4 is 10.6 Å². The summed E-state index contributed by atoms with van der Waals surface area (Å²) < 4.78 is 43.3. The van der Waals surface area contributed by atoms with Gasteiger partial charge in [0.1, 0.15) is 0 Å². The molecular weight excluding hydrogens is 297 g/mol. The molecule has 2 unspecified atom stereocenters. The molecule has 1 aliphatic heterocycles. The zero-order valence-electron chi connectivity index (χ0n) is 12.2. The summed E-state index contributed by atoms with van der Waals surface area (Å²) in [5.41, 5.74) is -0.288. The number of ether oxygens (including phenoxy) is 1. The average Bonchev–Trinajstić information content (AvgIpc) is 2.47. The maximum atomic E-state index is 12.7. The molecule has 122 valence electrons. The van der Waals surface area contributed by atoms with E-state index in [2.05, 4.69) is 10.6 Å². The molecule has 2 rings (SSSR count). The van der Waals surface area contributed by atoms with Gasteiger partial charge < -0.3 is 15.4 Å². The lowest BCUT2D eigenvalue weighted by molar-refractivity contribution is -0.137. The molecule has 1 aliphatic rings. The number of morpholine rings is 1. The summed E-state index contributed by atoms with van der Waals surface area (Å²) in [5, 5.41) is 5.88. The number of hydrogen-bond acceptors (Lipinski definition) is 3. The van der Waals surface area contributed by atoms with Crippen LogP contribution >= 0.6 is 0 Å². The smallest absolute Gasteiger partial charge is 0.378 e. The second-order valence-electron chi connectivity index (χ2n) is 5.34. The molecule has 1 amide bonds. The molecule has 0 aromatic heterocycles. The summed E-state index contributed by atoms with van der Waals surface area (Å²) in [4.78, 5) is 11.9. The number of nitrogens with one attached hydrogen (secondary N) is 2. The van der Waals surface area contributed by atoms with Crippen LogP contribution in [0.4, 0.5) is 13.2 Å². The number of alkyl halides is 3. The summed E-state index contributed by atoms with van der Waals surface area (Å²) in [7, 11) is 0. The minimum absolute atomic E-state index is 0.0533. The number of rotatable bonds is 4. The van der Waals surface area contributed by atoms with Gasteiger partial charge in [0.2, 0.25) is 5.91 Å². The Hall–Kier alpha value is -1.60. The van der Waals surface area contributed by atoms with Crippen molar-refractivity contribution in [2.24, 2.45) is 0 Å². The molecule has 0 aliphatic carbocycles. The lowest BCUT2D eigenvalue weighted by Gasteiger charge is -2.24. The molecule has 0 spiro atoms. The largest absolute Gasteiger partial charge is 0.416 e. The highest BCUT2D eigenvalue weighted by Gasteiger charge is 2.30. The maximum absolute atomic E-state index is 12.7. The van der Waals surface area contributed by atoms with Crippen LogP contribution in [-0.2, 0) is 15.7 Å². The van der Waals surface area contributed by atoms with Gasteiger partial charge in [-0.05, 0) is 24.6 Å². The van der Waals surface area contributed by atoms with Crippen LogP contribution in [0.2, 0.25) is 0 Å². The number of carbonyl (C=O) groups is 1. The third-order valence-corrected chi connectivity index (χ3v) is 3.52. The van der Waals surface area contributed by atoms with Crippen molar-refractivity contribution in [1.82, 2.24) is 10.6 Å². The average molecular weight is 316 g/mol. The SMILES string of the molecule is CC(NC(=O)CC1COCCN1)c1cccc(C(F)(F)F)c1. The molecule has 1 aromatic carbocycles. The topological polar surface area (TPSA) is 50.4 Å². The molecule has 1 heterocycles. The Morgan fingerprint density at radius 1 is 1.50 bits per heavy atom. The summed E-state index contributed by atoms with van der Waals surface area (Å²) in [6.45, 7) is 3.45. The van der Waals surface area contributed by atoms with Gasteiger partial charge in [0.25, 0.3) is 0 Å². The van der Waals surface area contributed by atoms with E-state index in [4.69, 9.17) is 4.74 Å². The van der Waals surface area contributed by atoms with Crippen LogP contribution in [0.25, 0.3) is 0 Å². The van der Waals surface area contributed by atoms with Gasteiger partial charge >= 0.3 is 6.18 Å². The van der Waals surface area contributed by atoms with Crippen molar-refractivity contribution in [3.8, 4) is 0 Å². The van der Waals surface area contributed by atoms with Crippen LogP contribution in [0.15, 0.2) is 24.3 Å². The Balaban J connectivity index is 1.93. The number of benzene rings is 1. The van der Waals surface area contributed by atoms with Crippen molar-refractivity contribution in [3.05, 3.63) is 35.4 Å². The van der Waals surface area contributed by atoms with Crippen molar-refractivity contribution in [2.45, 2.75) is 31.6 Å². The van der Waals surface area contributed by atoms with Crippen LogP contribution in [0.1, 0.15) is 30.5 Å². The number of carbonyl (C=O) groups excluding carboxylic acids is 1. The van der Waals surface area contributed by atoms with E-state index in [9.17, 15) is 18.0 Å². The molecule has 2 atom stereocenters. The van der Waals surface area contributed by atoms with Crippen LogP contribution in [0.3, 0.4) is 0 Å². The zero-order chi connectivity index (χ0) is 16.2. The van der Waals surface area contributed by atoms with Gasteiger partial charge in [-0.2, -0.15) is 13.2 Å². The highest BCUT2D eigenvalue weighted by Crippen LogP contribution is 2.30. The van der Waals surface area contributed by atoms with E-state index in [-0.39, 0.29) is 18.4 Å². The fraction of sp³-hybridized carbons (Fsp3) is 0.533. The summed E-state index contributed by atoms with van der Waals surface area (Å²) in [5.74, 6) is -0.215. The number of hydrogen-bond donors (Lipinski definition) is 2. The highest BCUT2D eigenvalue weighted by atomic mass is 19.4. The zero-order valence-corrected chi connectivity index (χ0v) is 12.2. The fourth-order valence-corrected chi connectivity index (χ4v) is 2.34. The Kier molecular flexibility index (Phi) is 5.42. The molecule has 7 heteroatoms. The van der Waals surface area contributed by atoms with Crippen molar-refractivity contribution in [1.29, 1.82) is 0 Å². The Morgan fingerprint density at radius 2 is 2.27 bits per heavy atom. The molecule has 1 fully saturated rings. The van der Waals surface area contributed by atoms with Gasteiger partial charge in [-0.3, -0.25) is 4.79 Å². The third kappa shape index (κ3) is 4.71. The first-order valence-corrected chi connectivity index (χ1v) is 7.14. The van der Waals surface area contributed by atoms with Crippen LogP contribution in [-0.4, -0.2) is 31.7 Å². The summed E-state index contributed by atoms with van der Waals surface area (Å²) in [6.07, 6.45) is -4.15. The van der Waals surface area contributed by atoms with E-state index in [1.54, 1.807) is 13.0 Å². The lowest BCUT2D eigenvalue weighted by atomic mass is 10.0. The Bertz CT molecular complexity index is 514. The van der Waals surface area contributed by atoms with Crippen LogP contribution in [0, 0.1) is 0 Å². The van der Waals surface area contributed by atoms with Crippen molar-refractivity contribution >= 4 is 5.91 Å². The van der Waals surface area contributed by atoms with Crippen molar-refractivity contribution in [3.63, 3.8) is 0 Å². The summed E-state index contributed by atoms with van der Waals surface area (Å²) in [6, 6.07) is 4.45. The second-order valence-corrected chi connectivity index (χ2v) is 5.34. The number of halogens is 3. The first-order valence-electron chi connectivity index (χ1n) is 7.14. The molecular formula is C15H19F3N2O2. The number of amides is 1. The van der Waals surface area contributed by atoms with Gasteiger partial charge in [-0.25, -0.2) is 0 Å². The van der Waals surface area contributed by atoms with Crippen molar-refractivity contribution < 1.29 is 22.7 Å². The third-order valence-electron chi connectivity index (χ3n) is 3.52. The first kappa shape index (κ1) is 16.8. The monoisotopic (exact) mass is 316 g/mol. The van der Waals surface area contributed by atoms with Crippen molar-refractivity contribution in [2.75, 3.05) is 19.8 Å². The fourth-order valence-electron chi connectivity index (χ4n) is 2.34. The minimum Gasteiger partial charge on any atom is -0.378 e. The molecule has 0 radical (unpaired) electrons. The Labute approximate surface area is 127 Å². The van der Waals surface area contributed by atoms with Crippen LogP contribution in [0.5, 0.6) is 0 Å². The van der Waals surface area contributed by atoms with E-state index >= 15 is 0 Å². The predicted molar refractivity (Wildman–Crippen MR) is 75.2 cm³/mol. The summed E-state index contributed by atoms with van der Waals surface area (Å²) >= 11 is 0. The molecule has 1 aromatic rings. The van der Waals surface area contributed by atoms with E-state index in [0.29, 0.717) is 25.3 Å². The maximum Gasteiger partial charge on any atom is 0.416 e. The molecule has 22 heavy (non-hydrogen) atoms. The minimum atomic E-state index is -4.39. The molecule has 1 saturated heterocycles. The van der Waals surface area contributed by atoms with Gasteiger partial charge in [0, 0.05) is 19.0 Å². The highest BCUT2D eigenvalue weighted by molar-refractivity contribution is 5.77. The van der Waals surface area contributed by atoms with E-state index in [1.807, 2.05) is 0 Å². The Morgan fingerprint density at radius 3 is 2.91 bits per heavy atom. The van der Waals surface area contributed by atoms with Gasteiger partial charge in [0.05, 0.1) is 24.8 Å². The predicted octanol–water partition coefficient (Wildman–Crippen LogP) is 2.26. The van der Waals surface area contributed by atoms with Gasteiger partial charge in [-0.1, -0.05) is 12.1 Å². The lowest BCUT2D eigenvalue weighted by Crippen LogP contribution is -2.44. The molecule has 2 N–H and O–H groups in total. The quantitative estimate of drug-likeness (QED) is 0.896. The second kappa shape index (κ2) is 7.11. The van der Waals surface area contributed by atoms with E-state index in [1.165, 1.54) is 6.07 Å². The van der Waals surface area contributed by atoms with Gasteiger partial charge in [-0.15, -0.1) is 0 Å².